The van der Waals surface area contributed by atoms with Gasteiger partial charge in [0, 0.05) is 29.7 Å². The van der Waals surface area contributed by atoms with Crippen molar-refractivity contribution in [3.63, 3.8) is 0 Å². The second kappa shape index (κ2) is 10.7. The predicted molar refractivity (Wildman–Crippen MR) is 134 cm³/mol. The van der Waals surface area contributed by atoms with Gasteiger partial charge < -0.3 is 15.5 Å². The molecule has 0 spiro atoms. The Morgan fingerprint density at radius 2 is 2.06 bits per heavy atom. The van der Waals surface area contributed by atoms with Gasteiger partial charge >= 0.3 is 10.3 Å². The van der Waals surface area contributed by atoms with Crippen LogP contribution in [0.5, 0.6) is 0 Å². The van der Waals surface area contributed by atoms with E-state index in [4.69, 9.17) is 27.4 Å². The zero-order valence-electron chi connectivity index (χ0n) is 18.0. The van der Waals surface area contributed by atoms with Crippen molar-refractivity contribution in [1.82, 2.24) is 14.7 Å². The molecule has 4 N–H and O–H groups in total. The van der Waals surface area contributed by atoms with Crippen LogP contribution < -0.4 is 10.0 Å². The average molecular weight is 580 g/mol. The van der Waals surface area contributed by atoms with Gasteiger partial charge in [-0.05, 0) is 31.0 Å². The summed E-state index contributed by atoms with van der Waals surface area (Å²) in [6.45, 7) is 0. The maximum Gasteiger partial charge on any atom is 0.335 e. The molecule has 0 unspecified atom stereocenters. The third-order valence-electron chi connectivity index (χ3n) is 5.36. The molecule has 1 aliphatic carbocycles. The molecule has 1 saturated carbocycles. The van der Waals surface area contributed by atoms with Gasteiger partial charge in [0.15, 0.2) is 0 Å². The largest absolute Gasteiger partial charge is 0.390 e. The maximum absolute atomic E-state index is 13.3. The third kappa shape index (κ3) is 6.01. The van der Waals surface area contributed by atoms with Crippen LogP contribution in [0.15, 0.2) is 30.7 Å². The van der Waals surface area contributed by atoms with Gasteiger partial charge in [-0.2, -0.15) is 13.1 Å². The number of nitrogens with zero attached hydrogens (tertiary/aromatic N) is 2. The van der Waals surface area contributed by atoms with Crippen LogP contribution >= 0.6 is 45.9 Å². The highest BCUT2D eigenvalue weighted by Gasteiger charge is 2.37. The molecule has 4 atom stereocenters. The van der Waals surface area contributed by atoms with Crippen molar-refractivity contribution in [2.45, 2.75) is 37.2 Å². The molecule has 3 aromatic heterocycles. The SMILES string of the molecule is CNS(=O)(=O)O[C@@H]1C[C@H](Nc2ncncc2C(=O)c2cc([C@@H](O)c3ccc(Cl)s3)c(Cl)s2)C[C@@H]1O. The van der Waals surface area contributed by atoms with Gasteiger partial charge in [-0.1, -0.05) is 23.2 Å². The molecule has 1 fully saturated rings. The third-order valence-corrected chi connectivity index (χ3v) is 9.04. The lowest BCUT2D eigenvalue weighted by atomic mass is 10.1. The quantitative estimate of drug-likeness (QED) is 0.281. The molecule has 10 nitrogen and oxygen atoms in total. The Bertz CT molecular complexity index is 1330. The zero-order chi connectivity index (χ0) is 25.3. The number of thiophene rings is 2. The lowest BCUT2D eigenvalue weighted by Gasteiger charge is -2.15. The van der Waals surface area contributed by atoms with E-state index in [0.29, 0.717) is 14.8 Å². The molecule has 1 aliphatic rings. The molecule has 0 bridgehead atoms. The highest BCUT2D eigenvalue weighted by Crippen LogP contribution is 2.39. The fourth-order valence-corrected chi connectivity index (χ4v) is 6.63. The van der Waals surface area contributed by atoms with Crippen LogP contribution in [0, 0.1) is 0 Å². The Morgan fingerprint density at radius 3 is 2.74 bits per heavy atom. The first kappa shape index (κ1) is 26.4. The standard InChI is InChI=1S/C20H20Cl2N4O6S3/c1-23-35(30,31)32-13-5-9(4-12(13)27)26-20-11(7-24-8-25-20)18(29)15-6-10(19(22)34-15)17(28)14-2-3-16(21)33-14/h2-3,6-9,12-13,17,23,27-28H,4-5H2,1H3,(H,24,25,26)/t9-,12+,13-,17-/m1/s1. The molecule has 0 radical (unpaired) electrons. The average Bonchev–Trinajstić information content (AvgIpc) is 3.52. The van der Waals surface area contributed by atoms with E-state index in [0.717, 1.165) is 11.3 Å². The molecular weight excluding hydrogens is 559 g/mol. The second-order valence-electron chi connectivity index (χ2n) is 7.67. The van der Waals surface area contributed by atoms with Crippen LogP contribution in [0.1, 0.15) is 44.6 Å². The first-order chi connectivity index (χ1) is 16.6. The number of rotatable bonds is 9. The minimum Gasteiger partial charge on any atom is -0.390 e. The lowest BCUT2D eigenvalue weighted by Crippen LogP contribution is -2.31. The van der Waals surface area contributed by atoms with E-state index in [-0.39, 0.29) is 33.4 Å². The van der Waals surface area contributed by atoms with Crippen molar-refractivity contribution in [3.8, 4) is 0 Å². The van der Waals surface area contributed by atoms with Gasteiger partial charge in [-0.3, -0.25) is 8.98 Å². The molecule has 3 aromatic rings. The summed E-state index contributed by atoms with van der Waals surface area (Å²) < 4.78 is 31.1. The van der Waals surface area contributed by atoms with Crippen molar-refractivity contribution in [2.24, 2.45) is 0 Å². The number of carbonyl (C=O) groups is 1. The zero-order valence-corrected chi connectivity index (χ0v) is 22.0. The molecule has 3 heterocycles. The molecule has 35 heavy (non-hydrogen) atoms. The number of nitrogens with one attached hydrogen (secondary N) is 2. The minimum atomic E-state index is -3.97. The van der Waals surface area contributed by atoms with E-state index in [1.54, 1.807) is 12.1 Å². The van der Waals surface area contributed by atoms with Gasteiger partial charge in [0.2, 0.25) is 5.78 Å². The number of aliphatic hydroxyl groups excluding tert-OH is 2. The van der Waals surface area contributed by atoms with Crippen LogP contribution in [0.2, 0.25) is 8.67 Å². The molecule has 0 aliphatic heterocycles. The highest BCUT2D eigenvalue weighted by molar-refractivity contribution is 7.84. The van der Waals surface area contributed by atoms with Gasteiger partial charge in [-0.25, -0.2) is 9.97 Å². The summed E-state index contributed by atoms with van der Waals surface area (Å²) >= 11 is 14.5. The van der Waals surface area contributed by atoms with Crippen LogP contribution in [0.3, 0.4) is 0 Å². The van der Waals surface area contributed by atoms with Crippen molar-refractivity contribution in [2.75, 3.05) is 12.4 Å². The first-order valence-electron chi connectivity index (χ1n) is 10.2. The van der Waals surface area contributed by atoms with Crippen LogP contribution in [-0.2, 0) is 14.5 Å². The highest BCUT2D eigenvalue weighted by atomic mass is 35.5. The van der Waals surface area contributed by atoms with Crippen molar-refractivity contribution >= 4 is 67.8 Å². The number of halogens is 2. The summed E-state index contributed by atoms with van der Waals surface area (Å²) in [5.41, 5.74) is 0.543. The van der Waals surface area contributed by atoms with Crippen molar-refractivity contribution in [3.05, 3.63) is 60.3 Å². The molecule has 0 aromatic carbocycles. The Labute approximate surface area is 219 Å². The summed E-state index contributed by atoms with van der Waals surface area (Å²) in [5, 5.41) is 24.0. The number of hydrogen-bond acceptors (Lipinski definition) is 11. The van der Waals surface area contributed by atoms with Gasteiger partial charge in [0.1, 0.15) is 24.4 Å². The number of aromatic nitrogens is 2. The fourth-order valence-electron chi connectivity index (χ4n) is 3.66. The van der Waals surface area contributed by atoms with E-state index in [9.17, 15) is 23.4 Å². The van der Waals surface area contributed by atoms with E-state index >= 15 is 0 Å². The molecule has 188 valence electrons. The van der Waals surface area contributed by atoms with E-state index in [1.165, 1.54) is 37.0 Å². The minimum absolute atomic E-state index is 0.160. The molecule has 15 heteroatoms. The Kier molecular flexibility index (Phi) is 8.10. The van der Waals surface area contributed by atoms with Crippen molar-refractivity contribution in [1.29, 1.82) is 0 Å². The number of aliphatic hydroxyl groups is 2. The lowest BCUT2D eigenvalue weighted by molar-refractivity contribution is 0.0636. The summed E-state index contributed by atoms with van der Waals surface area (Å²) in [6, 6.07) is 4.47. The summed E-state index contributed by atoms with van der Waals surface area (Å²) in [4.78, 5) is 22.3. The van der Waals surface area contributed by atoms with Gasteiger partial charge in [0.25, 0.3) is 0 Å². The number of carbonyl (C=O) groups excluding carboxylic acids is 1. The summed E-state index contributed by atoms with van der Waals surface area (Å²) in [5.74, 6) is -0.192. The van der Waals surface area contributed by atoms with Crippen molar-refractivity contribution < 1.29 is 27.6 Å². The topological polar surface area (TPSA) is 151 Å². The second-order valence-corrected chi connectivity index (χ2v) is 12.6. The summed E-state index contributed by atoms with van der Waals surface area (Å²) in [6.07, 6.45) is -0.0320. The molecule has 4 rings (SSSR count). The molecule has 0 amide bonds. The fraction of sp³-hybridized carbons (Fsp3) is 0.350. The first-order valence-corrected chi connectivity index (χ1v) is 14.0. The van der Waals surface area contributed by atoms with Gasteiger partial charge in [0.05, 0.1) is 25.2 Å². The number of hydrogen-bond donors (Lipinski definition) is 4. The number of anilines is 1. The Balaban J connectivity index is 1.52. The Hall–Kier alpha value is -1.68. The molecule has 0 saturated heterocycles. The van der Waals surface area contributed by atoms with E-state index in [1.807, 2.05) is 4.72 Å². The van der Waals surface area contributed by atoms with E-state index in [2.05, 4.69) is 15.3 Å². The number of ketones is 1. The van der Waals surface area contributed by atoms with E-state index < -0.39 is 40.4 Å². The van der Waals surface area contributed by atoms with Crippen LogP contribution in [0.25, 0.3) is 0 Å². The van der Waals surface area contributed by atoms with Gasteiger partial charge in [-0.15, -0.1) is 22.7 Å². The summed E-state index contributed by atoms with van der Waals surface area (Å²) in [7, 11) is -2.76. The Morgan fingerprint density at radius 1 is 1.29 bits per heavy atom. The van der Waals surface area contributed by atoms with Crippen LogP contribution in [-0.4, -0.2) is 59.7 Å². The smallest absolute Gasteiger partial charge is 0.335 e. The molecular formula is C20H20Cl2N4O6S3. The predicted octanol–water partition coefficient (Wildman–Crippen LogP) is 3.00. The monoisotopic (exact) mass is 578 g/mol. The van der Waals surface area contributed by atoms with Crippen LogP contribution in [0.4, 0.5) is 5.82 Å². The maximum atomic E-state index is 13.3. The normalized spacial score (nSPS) is 21.2.